The van der Waals surface area contributed by atoms with Gasteiger partial charge in [-0.1, -0.05) is 24.3 Å². The zero-order valence-electron chi connectivity index (χ0n) is 6.69. The second-order valence-corrected chi connectivity index (χ2v) is 3.02. The van der Waals surface area contributed by atoms with Gasteiger partial charge in [0, 0.05) is 11.5 Å². The Morgan fingerprint density at radius 1 is 1.25 bits per heavy atom. The topological polar surface area (TPSA) is 26.3 Å². The van der Waals surface area contributed by atoms with E-state index >= 15 is 0 Å². The molecule has 1 aromatic carbocycles. The van der Waals surface area contributed by atoms with Crippen molar-refractivity contribution in [1.82, 2.24) is 0 Å². The number of hydrogen-bond donors (Lipinski definition) is 0. The van der Waals surface area contributed by atoms with E-state index in [-0.39, 0.29) is 0 Å². The lowest BCUT2D eigenvalue weighted by atomic mass is 9.97. The molecule has 1 fully saturated rings. The summed E-state index contributed by atoms with van der Waals surface area (Å²) in [5.41, 5.74) is 2.01. The van der Waals surface area contributed by atoms with E-state index in [2.05, 4.69) is 0 Å². The molecular weight excluding hydrogens is 152 g/mol. The quantitative estimate of drug-likeness (QED) is 0.617. The fourth-order valence-electron chi connectivity index (χ4n) is 1.27. The van der Waals surface area contributed by atoms with E-state index in [4.69, 9.17) is 4.74 Å². The zero-order valence-corrected chi connectivity index (χ0v) is 6.69. The molecule has 0 radical (unpaired) electrons. The fourth-order valence-corrected chi connectivity index (χ4v) is 1.27. The van der Waals surface area contributed by atoms with Crippen LogP contribution in [0, 0.1) is 0 Å². The summed E-state index contributed by atoms with van der Waals surface area (Å²) in [7, 11) is 0. The second-order valence-electron chi connectivity index (χ2n) is 3.02. The van der Waals surface area contributed by atoms with Gasteiger partial charge in [-0.2, -0.15) is 0 Å². The molecule has 1 saturated heterocycles. The average molecular weight is 162 g/mol. The number of rotatable bonds is 2. The van der Waals surface area contributed by atoms with Crippen LogP contribution in [0.3, 0.4) is 0 Å². The maximum atomic E-state index is 10.3. The third-order valence-electron chi connectivity index (χ3n) is 2.18. The third kappa shape index (κ3) is 1.25. The van der Waals surface area contributed by atoms with Gasteiger partial charge in [-0.15, -0.1) is 0 Å². The molecule has 0 N–H and O–H groups in total. The lowest BCUT2D eigenvalue weighted by Crippen LogP contribution is -2.24. The monoisotopic (exact) mass is 162 g/mol. The van der Waals surface area contributed by atoms with E-state index in [0.29, 0.717) is 5.92 Å². The van der Waals surface area contributed by atoms with Gasteiger partial charge < -0.3 is 4.74 Å². The molecule has 0 atom stereocenters. The number of carbonyl (C=O) groups excluding carboxylic acids is 1. The molecule has 1 heterocycles. The van der Waals surface area contributed by atoms with Crippen LogP contribution in [0.5, 0.6) is 0 Å². The predicted octanol–water partition coefficient (Wildman–Crippen LogP) is 1.61. The lowest BCUT2D eigenvalue weighted by Gasteiger charge is -2.26. The first-order chi connectivity index (χ1) is 5.90. The maximum Gasteiger partial charge on any atom is 0.150 e. The Morgan fingerprint density at radius 3 is 2.33 bits per heavy atom. The van der Waals surface area contributed by atoms with Crippen molar-refractivity contribution < 1.29 is 9.53 Å². The Hall–Kier alpha value is -1.15. The van der Waals surface area contributed by atoms with Gasteiger partial charge in [-0.25, -0.2) is 0 Å². The molecule has 0 aromatic heterocycles. The summed E-state index contributed by atoms with van der Waals surface area (Å²) < 4.78 is 5.08. The van der Waals surface area contributed by atoms with Gasteiger partial charge in [0.1, 0.15) is 6.29 Å². The van der Waals surface area contributed by atoms with Crippen molar-refractivity contribution >= 4 is 6.29 Å². The molecule has 2 heteroatoms. The van der Waals surface area contributed by atoms with Crippen LogP contribution < -0.4 is 0 Å². The zero-order chi connectivity index (χ0) is 8.39. The first-order valence-electron chi connectivity index (χ1n) is 4.03. The first-order valence-corrected chi connectivity index (χ1v) is 4.03. The maximum absolute atomic E-state index is 10.3. The van der Waals surface area contributed by atoms with Crippen LogP contribution >= 0.6 is 0 Å². The van der Waals surface area contributed by atoms with Crippen molar-refractivity contribution in [3.05, 3.63) is 35.4 Å². The average Bonchev–Trinajstić information content (AvgIpc) is 2.03. The molecule has 1 aliphatic rings. The van der Waals surface area contributed by atoms with E-state index in [9.17, 15) is 4.79 Å². The summed E-state index contributed by atoms with van der Waals surface area (Å²) in [5, 5.41) is 0. The third-order valence-corrected chi connectivity index (χ3v) is 2.18. The Morgan fingerprint density at radius 2 is 1.92 bits per heavy atom. The Labute approximate surface area is 71.2 Å². The van der Waals surface area contributed by atoms with E-state index in [1.54, 1.807) is 0 Å². The summed E-state index contributed by atoms with van der Waals surface area (Å²) in [6, 6.07) is 7.69. The molecule has 12 heavy (non-hydrogen) atoms. The van der Waals surface area contributed by atoms with Crippen LogP contribution in [-0.4, -0.2) is 19.5 Å². The minimum absolute atomic E-state index is 0.547. The van der Waals surface area contributed by atoms with Gasteiger partial charge in [0.2, 0.25) is 0 Å². The molecule has 0 amide bonds. The highest BCUT2D eigenvalue weighted by molar-refractivity contribution is 5.74. The van der Waals surface area contributed by atoms with E-state index in [1.807, 2.05) is 24.3 Å². The largest absolute Gasteiger partial charge is 0.380 e. The van der Waals surface area contributed by atoms with Crippen molar-refractivity contribution in [2.45, 2.75) is 5.92 Å². The highest BCUT2D eigenvalue weighted by Crippen LogP contribution is 2.23. The smallest absolute Gasteiger partial charge is 0.150 e. The highest BCUT2D eigenvalue weighted by Gasteiger charge is 2.19. The van der Waals surface area contributed by atoms with Crippen LogP contribution in [0.4, 0.5) is 0 Å². The van der Waals surface area contributed by atoms with Gasteiger partial charge in [0.05, 0.1) is 13.2 Å². The van der Waals surface area contributed by atoms with Crippen molar-refractivity contribution in [3.8, 4) is 0 Å². The molecule has 62 valence electrons. The fraction of sp³-hybridized carbons (Fsp3) is 0.300. The lowest BCUT2D eigenvalue weighted by molar-refractivity contribution is 0.00842. The number of benzene rings is 1. The summed E-state index contributed by atoms with van der Waals surface area (Å²) in [6.45, 7) is 1.64. The van der Waals surface area contributed by atoms with Crippen LogP contribution in [0.15, 0.2) is 24.3 Å². The molecular formula is C10H10O2. The second kappa shape index (κ2) is 3.07. The highest BCUT2D eigenvalue weighted by atomic mass is 16.5. The normalized spacial score (nSPS) is 17.0. The molecule has 1 aliphatic heterocycles. The molecule has 2 rings (SSSR count). The van der Waals surface area contributed by atoms with Gasteiger partial charge in [-0.05, 0) is 5.56 Å². The van der Waals surface area contributed by atoms with E-state index < -0.39 is 0 Å². The SMILES string of the molecule is O=Cc1ccc(C2COC2)cc1. The van der Waals surface area contributed by atoms with Crippen LogP contribution in [-0.2, 0) is 4.74 Å². The van der Waals surface area contributed by atoms with Crippen LogP contribution in [0.2, 0.25) is 0 Å². The molecule has 0 bridgehead atoms. The van der Waals surface area contributed by atoms with Crippen molar-refractivity contribution in [1.29, 1.82) is 0 Å². The Kier molecular flexibility index (Phi) is 1.92. The van der Waals surface area contributed by atoms with E-state index in [0.717, 1.165) is 25.1 Å². The molecule has 2 nitrogen and oxygen atoms in total. The number of carbonyl (C=O) groups is 1. The Bertz CT molecular complexity index is 272. The van der Waals surface area contributed by atoms with Crippen LogP contribution in [0.1, 0.15) is 21.8 Å². The van der Waals surface area contributed by atoms with Crippen LogP contribution in [0.25, 0.3) is 0 Å². The van der Waals surface area contributed by atoms with E-state index in [1.165, 1.54) is 5.56 Å². The first kappa shape index (κ1) is 7.50. The minimum Gasteiger partial charge on any atom is -0.380 e. The molecule has 1 aromatic rings. The standard InChI is InChI=1S/C10H10O2/c11-5-8-1-3-9(4-2-8)10-6-12-7-10/h1-5,10H,6-7H2. The Balaban J connectivity index is 2.18. The predicted molar refractivity (Wildman–Crippen MR) is 45.4 cm³/mol. The summed E-state index contributed by atoms with van der Waals surface area (Å²) in [4.78, 5) is 10.3. The summed E-state index contributed by atoms with van der Waals surface area (Å²) >= 11 is 0. The molecule has 0 unspecified atom stereocenters. The molecule has 0 saturated carbocycles. The van der Waals surface area contributed by atoms with Gasteiger partial charge in [-0.3, -0.25) is 4.79 Å². The van der Waals surface area contributed by atoms with Gasteiger partial charge in [0.25, 0.3) is 0 Å². The molecule has 0 aliphatic carbocycles. The summed E-state index contributed by atoms with van der Waals surface area (Å²) in [5.74, 6) is 0.547. The van der Waals surface area contributed by atoms with Gasteiger partial charge in [0.15, 0.2) is 0 Å². The summed E-state index contributed by atoms with van der Waals surface area (Å²) in [6.07, 6.45) is 0.862. The van der Waals surface area contributed by atoms with Crippen molar-refractivity contribution in [3.63, 3.8) is 0 Å². The number of aldehydes is 1. The number of hydrogen-bond acceptors (Lipinski definition) is 2. The van der Waals surface area contributed by atoms with Crippen molar-refractivity contribution in [2.75, 3.05) is 13.2 Å². The van der Waals surface area contributed by atoms with Crippen molar-refractivity contribution in [2.24, 2.45) is 0 Å². The molecule has 0 spiro atoms. The number of ether oxygens (including phenoxy) is 1. The van der Waals surface area contributed by atoms with Gasteiger partial charge >= 0.3 is 0 Å². The minimum atomic E-state index is 0.547.